The Labute approximate surface area is 91.4 Å². The first-order valence-corrected chi connectivity index (χ1v) is 6.83. The lowest BCUT2D eigenvalue weighted by molar-refractivity contribution is 0.172. The first kappa shape index (κ1) is 7.70. The molecule has 0 radical (unpaired) electrons. The molecule has 0 amide bonds. The van der Waals surface area contributed by atoms with Crippen molar-refractivity contribution in [2.24, 2.45) is 35.5 Å². The molecule has 4 saturated carbocycles. The summed E-state index contributed by atoms with van der Waals surface area (Å²) in [5.74, 6) is 6.60. The fraction of sp³-hybridized carbons (Fsp3) is 0.733. The lowest BCUT2D eigenvalue weighted by Crippen LogP contribution is -2.31. The van der Waals surface area contributed by atoms with Crippen LogP contribution in [0.5, 0.6) is 0 Å². The molecule has 4 fully saturated rings. The second-order valence-corrected chi connectivity index (χ2v) is 6.53. The van der Waals surface area contributed by atoms with Crippen molar-refractivity contribution in [2.75, 3.05) is 0 Å². The lowest BCUT2D eigenvalue weighted by atomic mass is 9.68. The monoisotopic (exact) mass is 198 g/mol. The second kappa shape index (κ2) is 2.26. The number of rotatable bonds is 0. The molecule has 0 N–H and O–H groups in total. The number of allylic oxidation sites excluding steroid dienone is 4. The van der Waals surface area contributed by atoms with Gasteiger partial charge in [0.2, 0.25) is 0 Å². The largest absolute Gasteiger partial charge is 0.0624 e. The maximum absolute atomic E-state index is 2.46. The SMILES string of the molecule is C1=C2CC(=C1)C1C2C2C[C@@H]1C1CCCC21. The van der Waals surface area contributed by atoms with Gasteiger partial charge >= 0.3 is 0 Å². The van der Waals surface area contributed by atoms with Crippen molar-refractivity contribution < 1.29 is 0 Å². The van der Waals surface area contributed by atoms with Gasteiger partial charge in [0.1, 0.15) is 0 Å². The molecule has 0 heteroatoms. The Morgan fingerprint density at radius 2 is 1.40 bits per heavy atom. The quantitative estimate of drug-likeness (QED) is 0.522. The van der Waals surface area contributed by atoms with Crippen LogP contribution in [0.1, 0.15) is 32.1 Å². The first-order valence-electron chi connectivity index (χ1n) is 6.83. The number of hydrogen-bond acceptors (Lipinski definition) is 0. The van der Waals surface area contributed by atoms with E-state index >= 15 is 0 Å². The van der Waals surface area contributed by atoms with Crippen molar-refractivity contribution in [3.05, 3.63) is 23.3 Å². The van der Waals surface area contributed by atoms with Crippen LogP contribution in [0.2, 0.25) is 0 Å². The predicted octanol–water partition coefficient (Wildman–Crippen LogP) is 3.55. The zero-order chi connectivity index (χ0) is 9.57. The van der Waals surface area contributed by atoms with Gasteiger partial charge in [-0.3, -0.25) is 0 Å². The van der Waals surface area contributed by atoms with Crippen molar-refractivity contribution >= 4 is 0 Å². The summed E-state index contributed by atoms with van der Waals surface area (Å²) in [6.07, 6.45) is 12.6. The molecule has 0 saturated heterocycles. The molecule has 5 rings (SSSR count). The minimum absolute atomic E-state index is 1.04. The van der Waals surface area contributed by atoms with E-state index in [4.69, 9.17) is 0 Å². The smallest absolute Gasteiger partial charge is 0.00960 e. The van der Waals surface area contributed by atoms with Gasteiger partial charge in [0.15, 0.2) is 0 Å². The molecule has 0 nitrogen and oxygen atoms in total. The number of hydrogen-bond donors (Lipinski definition) is 0. The van der Waals surface area contributed by atoms with Crippen LogP contribution in [-0.2, 0) is 0 Å². The fourth-order valence-corrected chi connectivity index (χ4v) is 6.14. The molecule has 0 aliphatic heterocycles. The van der Waals surface area contributed by atoms with Crippen LogP contribution in [0, 0.1) is 35.5 Å². The van der Waals surface area contributed by atoms with Gasteiger partial charge in [-0.2, -0.15) is 0 Å². The van der Waals surface area contributed by atoms with E-state index in [9.17, 15) is 0 Å². The molecule has 0 heterocycles. The average Bonchev–Trinajstić information content (AvgIpc) is 3.03. The first-order chi connectivity index (χ1) is 7.43. The van der Waals surface area contributed by atoms with Crippen LogP contribution in [0.3, 0.4) is 0 Å². The van der Waals surface area contributed by atoms with Crippen molar-refractivity contribution in [2.45, 2.75) is 32.1 Å². The molecule has 6 atom stereocenters. The van der Waals surface area contributed by atoms with Gasteiger partial charge in [-0.1, -0.05) is 29.7 Å². The lowest BCUT2D eigenvalue weighted by Gasteiger charge is -2.36. The van der Waals surface area contributed by atoms with Crippen LogP contribution >= 0.6 is 0 Å². The van der Waals surface area contributed by atoms with E-state index in [2.05, 4.69) is 12.2 Å². The van der Waals surface area contributed by atoms with Gasteiger partial charge < -0.3 is 0 Å². The van der Waals surface area contributed by atoms with E-state index in [0.717, 1.165) is 35.5 Å². The summed E-state index contributed by atoms with van der Waals surface area (Å²) in [6, 6.07) is 0. The molecule has 5 aliphatic carbocycles. The van der Waals surface area contributed by atoms with Crippen molar-refractivity contribution in [1.82, 2.24) is 0 Å². The zero-order valence-corrected chi connectivity index (χ0v) is 9.15. The molecule has 0 aromatic carbocycles. The molecule has 4 bridgehead atoms. The molecule has 5 unspecified atom stereocenters. The normalized spacial score (nSPS) is 58.1. The summed E-state index contributed by atoms with van der Waals surface area (Å²) in [4.78, 5) is 0. The van der Waals surface area contributed by atoms with Gasteiger partial charge in [-0.25, -0.2) is 0 Å². The van der Waals surface area contributed by atoms with E-state index in [0.29, 0.717) is 0 Å². The van der Waals surface area contributed by atoms with Crippen molar-refractivity contribution in [1.29, 1.82) is 0 Å². The Morgan fingerprint density at radius 1 is 0.800 bits per heavy atom. The van der Waals surface area contributed by atoms with E-state index in [1.807, 2.05) is 11.1 Å². The van der Waals surface area contributed by atoms with Gasteiger partial charge in [-0.15, -0.1) is 0 Å². The van der Waals surface area contributed by atoms with Crippen LogP contribution in [0.4, 0.5) is 0 Å². The average molecular weight is 198 g/mol. The summed E-state index contributed by atoms with van der Waals surface area (Å²) in [7, 11) is 0. The molecular weight excluding hydrogens is 180 g/mol. The third-order valence-corrected chi connectivity index (χ3v) is 6.35. The summed E-state index contributed by atoms with van der Waals surface area (Å²) in [5, 5.41) is 0. The predicted molar refractivity (Wildman–Crippen MR) is 60.2 cm³/mol. The van der Waals surface area contributed by atoms with Crippen LogP contribution in [-0.4, -0.2) is 0 Å². The van der Waals surface area contributed by atoms with Crippen molar-refractivity contribution in [3.63, 3.8) is 0 Å². The van der Waals surface area contributed by atoms with Gasteiger partial charge in [0.25, 0.3) is 0 Å². The van der Waals surface area contributed by atoms with Gasteiger partial charge in [0, 0.05) is 0 Å². The number of fused-ring (bicyclic) bond motifs is 12. The van der Waals surface area contributed by atoms with Gasteiger partial charge in [-0.05, 0) is 61.2 Å². The highest BCUT2D eigenvalue weighted by molar-refractivity contribution is 5.45. The maximum Gasteiger partial charge on any atom is -0.00960 e. The van der Waals surface area contributed by atoms with Crippen LogP contribution in [0.25, 0.3) is 0 Å². The summed E-state index contributed by atoms with van der Waals surface area (Å²) in [5.41, 5.74) is 3.65. The molecule has 0 aromatic heterocycles. The molecule has 78 valence electrons. The molecule has 0 aromatic rings. The maximum atomic E-state index is 2.46. The molecular formula is C15H18. The Kier molecular flexibility index (Phi) is 1.16. The topological polar surface area (TPSA) is 0 Å². The third-order valence-electron chi connectivity index (χ3n) is 6.35. The van der Waals surface area contributed by atoms with E-state index < -0.39 is 0 Å². The Morgan fingerprint density at radius 3 is 2.00 bits per heavy atom. The van der Waals surface area contributed by atoms with E-state index in [-0.39, 0.29) is 0 Å². The standard InChI is InChI=1S/C15H18/c1-2-10-11(3-1)13-7-12(10)14-8-4-5-9(6-8)15(13)14/h4-5,10-15H,1-3,6-7H2/t10?,11?,12-,13?,14?,15?/m1/s1. The van der Waals surface area contributed by atoms with Crippen molar-refractivity contribution in [3.8, 4) is 0 Å². The molecule has 5 aliphatic rings. The highest BCUT2D eigenvalue weighted by Gasteiger charge is 2.62. The van der Waals surface area contributed by atoms with E-state index in [1.165, 1.54) is 6.42 Å². The molecule has 0 spiro atoms. The Hall–Kier alpha value is -0.520. The zero-order valence-electron chi connectivity index (χ0n) is 9.15. The Balaban J connectivity index is 1.65. The van der Waals surface area contributed by atoms with Gasteiger partial charge in [0.05, 0.1) is 0 Å². The summed E-state index contributed by atoms with van der Waals surface area (Å²) in [6.45, 7) is 0. The highest BCUT2D eigenvalue weighted by atomic mass is 14.7. The summed E-state index contributed by atoms with van der Waals surface area (Å²) < 4.78 is 0. The van der Waals surface area contributed by atoms with Crippen LogP contribution in [0.15, 0.2) is 23.3 Å². The minimum atomic E-state index is 1.04. The minimum Gasteiger partial charge on any atom is -0.0624 e. The fourth-order valence-electron chi connectivity index (χ4n) is 6.14. The summed E-state index contributed by atoms with van der Waals surface area (Å²) >= 11 is 0. The highest BCUT2D eigenvalue weighted by Crippen LogP contribution is 2.70. The third kappa shape index (κ3) is 0.697. The Bertz CT molecular complexity index is 364. The van der Waals surface area contributed by atoms with Crippen LogP contribution < -0.4 is 0 Å². The second-order valence-electron chi connectivity index (χ2n) is 6.53. The van der Waals surface area contributed by atoms with E-state index in [1.54, 1.807) is 25.7 Å². The molecule has 15 heavy (non-hydrogen) atoms.